The van der Waals surface area contributed by atoms with E-state index in [1.54, 1.807) is 24.3 Å². The first-order chi connectivity index (χ1) is 38.5. The molecule has 22 bridgehead atoms. The molecule has 0 atom stereocenters. The largest absolute Gasteiger partial charge is 0.442 e. The highest BCUT2D eigenvalue weighted by atomic mass is 16.4. The summed E-state index contributed by atoms with van der Waals surface area (Å²) in [5, 5.41) is 5.67. The van der Waals surface area contributed by atoms with Gasteiger partial charge in [0.05, 0.1) is 0 Å². The quantitative estimate of drug-likeness (QED) is 0.142. The van der Waals surface area contributed by atoms with Gasteiger partial charge in [-0.25, -0.2) is 49.8 Å². The highest BCUT2D eigenvalue weighted by molar-refractivity contribution is 5.95. The van der Waals surface area contributed by atoms with Crippen LogP contribution in [-0.2, 0) is 13.0 Å². The number of Topliss-reactive ketones (excluding diaryl/α,β-unsaturated/α-hetero) is 2. The smallest absolute Gasteiger partial charge is 0.273 e. The minimum atomic E-state index is -0.407. The molecule has 1 aromatic carbocycles. The molecule has 10 aromatic heterocycles. The molecule has 13 rings (SSSR count). The van der Waals surface area contributed by atoms with E-state index in [0.29, 0.717) is 71.4 Å². The van der Waals surface area contributed by atoms with Crippen molar-refractivity contribution in [3.8, 4) is 92.7 Å². The van der Waals surface area contributed by atoms with Crippen LogP contribution < -0.4 is 10.6 Å². The van der Waals surface area contributed by atoms with Crippen molar-refractivity contribution in [3.05, 3.63) is 144 Å². The molecule has 2 aliphatic rings. The molecule has 12 heterocycles. The van der Waals surface area contributed by atoms with Crippen LogP contribution in [0.1, 0.15) is 110 Å². The van der Waals surface area contributed by atoms with Crippen LogP contribution >= 0.6 is 0 Å². The summed E-state index contributed by atoms with van der Waals surface area (Å²) in [5.74, 6) is 0.495. The zero-order chi connectivity index (χ0) is 54.0. The maximum atomic E-state index is 12.8. The summed E-state index contributed by atoms with van der Waals surface area (Å²) in [5.41, 5.74) is 7.27. The number of rotatable bonds is 0. The third-order valence-electron chi connectivity index (χ3n) is 12.5. The fraction of sp³-hybridized carbons (Fsp3) is 0.214. The average molecular weight is 1080 g/mol. The van der Waals surface area contributed by atoms with Gasteiger partial charge < -0.3 is 46.0 Å². The van der Waals surface area contributed by atoms with Crippen molar-refractivity contribution in [3.63, 3.8) is 0 Å². The lowest BCUT2D eigenvalue weighted by atomic mass is 10.0. The molecule has 402 valence electrons. The Balaban J connectivity index is 0.000000167. The summed E-state index contributed by atoms with van der Waals surface area (Å²) in [4.78, 5) is 94.8. The highest BCUT2D eigenvalue weighted by Crippen LogP contribution is 2.31. The van der Waals surface area contributed by atoms with Crippen molar-refractivity contribution < 1.29 is 54.5 Å². The predicted octanol–water partition coefficient (Wildman–Crippen LogP) is 10.6. The van der Waals surface area contributed by atoms with E-state index in [1.165, 1.54) is 50.1 Å². The summed E-state index contributed by atoms with van der Waals surface area (Å²) < 4.78 is 44.6. The van der Waals surface area contributed by atoms with E-state index < -0.39 is 5.91 Å². The fourth-order valence-corrected chi connectivity index (χ4v) is 8.50. The summed E-state index contributed by atoms with van der Waals surface area (Å²) in [6.45, 7) is 4.53. The molecular formula is C56H46N12O12. The van der Waals surface area contributed by atoms with E-state index >= 15 is 0 Å². The number of ketones is 2. The van der Waals surface area contributed by atoms with Crippen LogP contribution in [0.4, 0.5) is 0 Å². The number of pyridine rings is 2. The zero-order valence-electron chi connectivity index (χ0n) is 42.0. The maximum absolute atomic E-state index is 12.8. The Labute approximate surface area is 452 Å². The Morgan fingerprint density at radius 2 is 0.700 bits per heavy atom. The third-order valence-corrected chi connectivity index (χ3v) is 12.5. The third kappa shape index (κ3) is 11.2. The first-order valence-corrected chi connectivity index (χ1v) is 24.9. The van der Waals surface area contributed by atoms with E-state index in [2.05, 4.69) is 60.5 Å². The first-order valence-electron chi connectivity index (χ1n) is 24.9. The van der Waals surface area contributed by atoms with Gasteiger partial charge in [-0.2, -0.15) is 0 Å². The van der Waals surface area contributed by atoms with Crippen molar-refractivity contribution >= 4 is 23.4 Å². The molecule has 2 N–H and O–H groups in total. The summed E-state index contributed by atoms with van der Waals surface area (Å²) in [7, 11) is 0. The van der Waals surface area contributed by atoms with Gasteiger partial charge in [-0.3, -0.25) is 19.2 Å². The molecule has 0 aliphatic carbocycles. The Morgan fingerprint density at radius 1 is 0.350 bits per heavy atom. The van der Waals surface area contributed by atoms with E-state index in [4.69, 9.17) is 35.3 Å². The van der Waals surface area contributed by atoms with Gasteiger partial charge in [0.1, 0.15) is 84.3 Å². The number of carbonyl (C=O) groups excluding carboxylic acids is 4. The maximum Gasteiger partial charge on any atom is 0.273 e. The van der Waals surface area contributed by atoms with Gasteiger partial charge in [-0.15, -0.1) is 0 Å². The molecule has 0 saturated carbocycles. The lowest BCUT2D eigenvalue weighted by molar-refractivity contribution is 0.0938. The Bertz CT molecular complexity index is 3830. The number of oxazole rings is 8. The molecule has 11 aromatic rings. The number of hydrogen-bond acceptors (Lipinski definition) is 22. The summed E-state index contributed by atoms with van der Waals surface area (Å²) >= 11 is 0. The molecule has 2 amide bonds. The van der Waals surface area contributed by atoms with E-state index in [-0.39, 0.29) is 108 Å². The molecule has 24 nitrogen and oxygen atoms in total. The van der Waals surface area contributed by atoms with Crippen LogP contribution in [0.2, 0.25) is 0 Å². The van der Waals surface area contributed by atoms with Crippen molar-refractivity contribution in [2.45, 2.75) is 72.8 Å². The van der Waals surface area contributed by atoms with Gasteiger partial charge in [-0.1, -0.05) is 44.5 Å². The first kappa shape index (κ1) is 51.6. The van der Waals surface area contributed by atoms with Crippen LogP contribution in [0.15, 0.2) is 134 Å². The molecular weight excluding hydrogens is 1030 g/mol. The van der Waals surface area contributed by atoms with Crippen molar-refractivity contribution in [2.75, 3.05) is 6.54 Å². The van der Waals surface area contributed by atoms with Gasteiger partial charge in [0.2, 0.25) is 47.1 Å². The molecule has 80 heavy (non-hydrogen) atoms. The van der Waals surface area contributed by atoms with Crippen molar-refractivity contribution in [1.29, 1.82) is 0 Å². The standard InChI is InChI=1S/C29H20N6O6.C26H22N6O6.CH4/c1-15-7-18-26-34-22(13-40-26)28-32-20(11-38-28)24(36)6-5-16-3-2-4-17(9-16)10-30-25(37)21-12-39-29(33-21)23-14-41-27(35-23)19(8-15)31-18;1-14-8-15-23-31-19(12-37-23)25-29-17(10-35-25)21(33)6-4-2-3-5-7-27-22(34)18-11-36-26(30-18)20-13-38-24(32-20)16(9-14)28-15;/h2-4,7-9,11-14H,5-6,10H2,1H3,(H,30,37);8-13H,2-7H2,1H3,(H,27,34);1H4. The minimum absolute atomic E-state index is 0. The molecule has 0 fully saturated rings. The van der Waals surface area contributed by atoms with Crippen LogP contribution in [0, 0.1) is 13.8 Å². The van der Waals surface area contributed by atoms with Gasteiger partial charge in [0, 0.05) is 25.9 Å². The molecule has 24 heteroatoms. The van der Waals surface area contributed by atoms with Crippen LogP contribution in [0.5, 0.6) is 0 Å². The van der Waals surface area contributed by atoms with Gasteiger partial charge >= 0.3 is 0 Å². The van der Waals surface area contributed by atoms with E-state index in [9.17, 15) is 19.2 Å². The molecule has 0 saturated heterocycles. The Kier molecular flexibility index (Phi) is 14.3. The molecule has 0 unspecified atom stereocenters. The lowest BCUT2D eigenvalue weighted by Gasteiger charge is -2.06. The topological polar surface area (TPSA) is 326 Å². The number of aromatic nitrogens is 10. The summed E-state index contributed by atoms with van der Waals surface area (Å²) in [6.07, 6.45) is 15.0. The molecule has 2 aliphatic heterocycles. The number of fused-ring (bicyclic) bond motifs is 30. The number of nitrogens with one attached hydrogen (secondary N) is 2. The highest BCUT2D eigenvalue weighted by Gasteiger charge is 2.24. The average Bonchev–Trinajstić information content (AvgIpc) is 4.33. The number of amides is 2. The molecule has 0 spiro atoms. The van der Waals surface area contributed by atoms with Crippen molar-refractivity contribution in [2.24, 2.45) is 0 Å². The number of hydrogen-bond donors (Lipinski definition) is 2. The predicted molar refractivity (Wildman–Crippen MR) is 279 cm³/mol. The number of benzene rings is 1. The molecule has 0 radical (unpaired) electrons. The monoisotopic (exact) mass is 1080 g/mol. The Morgan fingerprint density at radius 3 is 1.16 bits per heavy atom. The lowest BCUT2D eigenvalue weighted by Crippen LogP contribution is -2.24. The Hall–Kier alpha value is -10.5. The number of aryl methyl sites for hydroxylation is 3. The van der Waals surface area contributed by atoms with Crippen LogP contribution in [-0.4, -0.2) is 79.8 Å². The van der Waals surface area contributed by atoms with Gasteiger partial charge in [0.15, 0.2) is 45.7 Å². The van der Waals surface area contributed by atoms with E-state index in [0.717, 1.165) is 41.5 Å². The second-order valence-corrected chi connectivity index (χ2v) is 18.4. The van der Waals surface area contributed by atoms with Crippen LogP contribution in [0.25, 0.3) is 92.7 Å². The SMILES string of the molecule is C.Cc1cc2nc(c1)-c1nc(co1)-c1nc(co1)C(=O)NCCCCCCC(=O)c1coc(n1)-c1coc-2n1.Cc1cc2nc(c1)-c1nc(co1)-c1nc(co1)C(=O)NCc1cccc(c1)CCC(=O)c1coc(n1)-c1coc-2n1. The van der Waals surface area contributed by atoms with Crippen molar-refractivity contribution in [1.82, 2.24) is 60.5 Å². The normalized spacial score (nSPS) is 13.9. The van der Waals surface area contributed by atoms with Gasteiger partial charge in [0.25, 0.3) is 11.8 Å². The number of nitrogens with zero attached hydrogens (tertiary/aromatic N) is 10. The van der Waals surface area contributed by atoms with E-state index in [1.807, 2.05) is 38.1 Å². The number of carbonyl (C=O) groups is 4. The fourth-order valence-electron chi connectivity index (χ4n) is 8.50. The van der Waals surface area contributed by atoms with Crippen LogP contribution in [0.3, 0.4) is 0 Å². The second kappa shape index (κ2) is 22.2. The minimum Gasteiger partial charge on any atom is -0.442 e. The zero-order valence-corrected chi connectivity index (χ0v) is 42.0. The second-order valence-electron chi connectivity index (χ2n) is 18.4. The van der Waals surface area contributed by atoms with Gasteiger partial charge in [-0.05, 0) is 79.6 Å². The summed E-state index contributed by atoms with van der Waals surface area (Å²) in [6, 6.07) is 14.8.